The van der Waals surface area contributed by atoms with E-state index in [2.05, 4.69) is 4.98 Å². The minimum Gasteiger partial charge on any atom is -0.345 e. The van der Waals surface area contributed by atoms with Crippen LogP contribution in [0.2, 0.25) is 0 Å². The third-order valence-electron chi connectivity index (χ3n) is 2.60. The average molecular weight is 339 g/mol. The number of imidazole rings is 1. The number of nitrogens with zero attached hydrogens (tertiary/aromatic N) is 2. The Morgan fingerprint density at radius 1 is 1.32 bits per heavy atom. The number of alkyl halides is 5. The fourth-order valence-electron chi connectivity index (χ4n) is 1.77. The summed E-state index contributed by atoms with van der Waals surface area (Å²) in [4.78, 5) is 15.5. The number of fused-ring (bicyclic) bond motifs is 1. The molecule has 10 heteroatoms. The van der Waals surface area contributed by atoms with Crippen LogP contribution in [0, 0.1) is 0 Å². The van der Waals surface area contributed by atoms with Gasteiger partial charge >= 0.3 is 6.18 Å². The van der Waals surface area contributed by atoms with Crippen LogP contribution in [0.4, 0.5) is 22.0 Å². The predicted octanol–water partition coefficient (Wildman–Crippen LogP) is 3.03. The summed E-state index contributed by atoms with van der Waals surface area (Å²) in [6.45, 7) is -2.00. The van der Waals surface area contributed by atoms with Gasteiger partial charge in [-0.25, -0.2) is 4.98 Å². The highest BCUT2D eigenvalue weighted by atomic mass is 32.2. The number of halogens is 5. The molecule has 4 nitrogen and oxygen atoms in total. The van der Waals surface area contributed by atoms with Crippen LogP contribution in [0.25, 0.3) is 11.0 Å². The highest BCUT2D eigenvalue weighted by Crippen LogP contribution is 2.28. The number of hydrogen-bond donors (Lipinski definition) is 1. The van der Waals surface area contributed by atoms with Crippen LogP contribution in [0.3, 0.4) is 0 Å². The molecule has 1 aromatic heterocycles. The van der Waals surface area contributed by atoms with E-state index < -0.39 is 30.9 Å². The van der Waals surface area contributed by atoms with Crippen molar-refractivity contribution in [3.8, 4) is 0 Å². The van der Waals surface area contributed by atoms with E-state index in [1.807, 2.05) is 0 Å². The minimum atomic E-state index is -4.53. The van der Waals surface area contributed by atoms with Gasteiger partial charge in [-0.05, 0) is 23.9 Å². The van der Waals surface area contributed by atoms with Gasteiger partial charge in [0.15, 0.2) is 5.16 Å². The van der Waals surface area contributed by atoms with Gasteiger partial charge in [0.25, 0.3) is 5.76 Å². The molecule has 1 amide bonds. The van der Waals surface area contributed by atoms with E-state index in [0.717, 1.165) is 4.57 Å². The summed E-state index contributed by atoms with van der Waals surface area (Å²) in [6.07, 6.45) is -4.53. The van der Waals surface area contributed by atoms with Gasteiger partial charge in [0, 0.05) is 0 Å². The molecule has 0 bridgehead atoms. The molecule has 0 spiro atoms. The number of carbonyl (C=O) groups is 1. The maximum absolute atomic E-state index is 12.5. The van der Waals surface area contributed by atoms with E-state index in [0.29, 0.717) is 11.0 Å². The molecule has 0 aliphatic heterocycles. The van der Waals surface area contributed by atoms with Gasteiger partial charge in [-0.15, -0.1) is 0 Å². The maximum atomic E-state index is 12.5. The molecule has 0 saturated carbocycles. The van der Waals surface area contributed by atoms with Crippen LogP contribution >= 0.6 is 11.8 Å². The first kappa shape index (κ1) is 16.5. The number of hydrogen-bond acceptors (Lipinski definition) is 3. The van der Waals surface area contributed by atoms with Crippen LogP contribution in [-0.2, 0) is 11.3 Å². The summed E-state index contributed by atoms with van der Waals surface area (Å²) < 4.78 is 62.4. The zero-order valence-electron chi connectivity index (χ0n) is 10.9. The first-order valence-corrected chi connectivity index (χ1v) is 6.88. The van der Waals surface area contributed by atoms with E-state index in [9.17, 15) is 26.7 Å². The molecular weight excluding hydrogens is 329 g/mol. The lowest BCUT2D eigenvalue weighted by atomic mass is 10.3. The summed E-state index contributed by atoms with van der Waals surface area (Å²) in [5.41, 5.74) is 0.780. The monoisotopic (exact) mass is 339 g/mol. The molecule has 22 heavy (non-hydrogen) atoms. The van der Waals surface area contributed by atoms with Gasteiger partial charge in [0.05, 0.1) is 11.0 Å². The van der Waals surface area contributed by atoms with Crippen LogP contribution in [-0.4, -0.2) is 33.9 Å². The first-order valence-electron chi connectivity index (χ1n) is 6.00. The summed E-state index contributed by atoms with van der Waals surface area (Å²) in [5.74, 6) is -3.69. The zero-order valence-corrected chi connectivity index (χ0v) is 11.7. The number of rotatable bonds is 5. The standard InChI is InChI=1S/C12H10F5N3OS/c13-10(14)22-11-19-7-3-1-2-4-8(7)20(11)5-9(21)18-6-12(15,16)17/h1-4,10H,5-6H2,(H,18,21). The van der Waals surface area contributed by atoms with Crippen LogP contribution in [0.15, 0.2) is 29.4 Å². The molecule has 0 radical (unpaired) electrons. The lowest BCUT2D eigenvalue weighted by Crippen LogP contribution is -2.35. The Labute approximate surface area is 125 Å². The van der Waals surface area contributed by atoms with Crippen molar-refractivity contribution < 1.29 is 26.7 Å². The third kappa shape index (κ3) is 4.33. The fraction of sp³-hybridized carbons (Fsp3) is 0.333. The topological polar surface area (TPSA) is 46.9 Å². The molecule has 120 valence electrons. The molecule has 0 aliphatic rings. The number of benzene rings is 1. The molecule has 1 aromatic carbocycles. The Morgan fingerprint density at radius 3 is 2.64 bits per heavy atom. The molecule has 1 N–H and O–H groups in total. The number of carbonyl (C=O) groups excluding carboxylic acids is 1. The lowest BCUT2D eigenvalue weighted by molar-refractivity contribution is -0.138. The Kier molecular flexibility index (Phi) is 4.89. The second kappa shape index (κ2) is 6.51. The van der Waals surface area contributed by atoms with Crippen LogP contribution in [0.5, 0.6) is 0 Å². The van der Waals surface area contributed by atoms with Crippen molar-refractivity contribution in [3.05, 3.63) is 24.3 Å². The molecular formula is C12H10F5N3OS. The third-order valence-corrected chi connectivity index (χ3v) is 3.30. The van der Waals surface area contributed by atoms with Gasteiger partial charge < -0.3 is 9.88 Å². The second-order valence-electron chi connectivity index (χ2n) is 4.24. The van der Waals surface area contributed by atoms with Crippen molar-refractivity contribution in [1.29, 1.82) is 0 Å². The van der Waals surface area contributed by atoms with Gasteiger partial charge in [0.1, 0.15) is 13.1 Å². The Hall–Kier alpha value is -1.84. The van der Waals surface area contributed by atoms with Crippen molar-refractivity contribution in [2.24, 2.45) is 0 Å². The fourth-order valence-corrected chi connectivity index (χ4v) is 2.37. The summed E-state index contributed by atoms with van der Waals surface area (Å²) >= 11 is 0.133. The highest BCUT2D eigenvalue weighted by Gasteiger charge is 2.28. The lowest BCUT2D eigenvalue weighted by Gasteiger charge is -2.11. The zero-order chi connectivity index (χ0) is 16.3. The van der Waals surface area contributed by atoms with Gasteiger partial charge in [-0.3, -0.25) is 4.79 Å². The summed E-state index contributed by atoms with van der Waals surface area (Å²) in [6, 6.07) is 6.37. The molecule has 0 fully saturated rings. The van der Waals surface area contributed by atoms with Crippen molar-refractivity contribution in [2.45, 2.75) is 23.6 Å². The number of thioether (sulfide) groups is 1. The number of aromatic nitrogens is 2. The summed E-state index contributed by atoms with van der Waals surface area (Å²) in [5, 5.41) is 1.57. The van der Waals surface area contributed by atoms with E-state index in [1.165, 1.54) is 0 Å². The molecule has 2 rings (SSSR count). The van der Waals surface area contributed by atoms with Gasteiger partial charge in [-0.2, -0.15) is 22.0 Å². The molecule has 0 unspecified atom stereocenters. The molecule has 2 aromatic rings. The van der Waals surface area contributed by atoms with Crippen LogP contribution < -0.4 is 5.32 Å². The van der Waals surface area contributed by atoms with E-state index >= 15 is 0 Å². The predicted molar refractivity (Wildman–Crippen MR) is 70.7 cm³/mol. The van der Waals surface area contributed by atoms with Crippen molar-refractivity contribution in [2.75, 3.05) is 6.54 Å². The SMILES string of the molecule is O=C(Cn1c(SC(F)F)nc2ccccc21)NCC(F)(F)F. The van der Waals surface area contributed by atoms with Crippen molar-refractivity contribution >= 4 is 28.7 Å². The van der Waals surface area contributed by atoms with Gasteiger partial charge in [0.2, 0.25) is 5.91 Å². The average Bonchev–Trinajstić information content (AvgIpc) is 2.73. The maximum Gasteiger partial charge on any atom is 0.405 e. The normalized spacial score (nSPS) is 12.1. The molecule has 0 aliphatic carbocycles. The smallest absolute Gasteiger partial charge is 0.345 e. The Bertz CT molecular complexity index is 670. The van der Waals surface area contributed by atoms with Gasteiger partial charge in [-0.1, -0.05) is 12.1 Å². The number of amides is 1. The quantitative estimate of drug-likeness (QED) is 0.673. The largest absolute Gasteiger partial charge is 0.405 e. The van der Waals surface area contributed by atoms with Crippen LogP contribution in [0.1, 0.15) is 0 Å². The molecule has 0 saturated heterocycles. The van der Waals surface area contributed by atoms with Crippen molar-refractivity contribution in [3.63, 3.8) is 0 Å². The Balaban J connectivity index is 2.22. The van der Waals surface area contributed by atoms with E-state index in [4.69, 9.17) is 0 Å². The first-order chi connectivity index (χ1) is 10.3. The Morgan fingerprint density at radius 2 is 2.00 bits per heavy atom. The number of para-hydroxylation sites is 2. The van der Waals surface area contributed by atoms with E-state index in [-0.39, 0.29) is 16.9 Å². The molecule has 1 heterocycles. The second-order valence-corrected chi connectivity index (χ2v) is 5.20. The minimum absolute atomic E-state index is 0.127. The molecule has 0 atom stereocenters. The highest BCUT2D eigenvalue weighted by molar-refractivity contribution is 7.99. The van der Waals surface area contributed by atoms with E-state index in [1.54, 1.807) is 29.6 Å². The number of nitrogens with one attached hydrogen (secondary N) is 1. The van der Waals surface area contributed by atoms with Crippen molar-refractivity contribution in [1.82, 2.24) is 14.9 Å². The summed E-state index contributed by atoms with van der Waals surface area (Å²) in [7, 11) is 0.